The second kappa shape index (κ2) is 10.1. The van der Waals surface area contributed by atoms with Crippen LogP contribution in [0.1, 0.15) is 30.9 Å². The third-order valence-corrected chi connectivity index (χ3v) is 4.32. The highest BCUT2D eigenvalue weighted by molar-refractivity contribution is 14.0. The summed E-state index contributed by atoms with van der Waals surface area (Å²) in [7, 11) is 4.34. The SMILES string of the molecule is CCNC(=NCc1ccccc1C)NCC(C1CC1)N(C)C.I. The van der Waals surface area contributed by atoms with E-state index in [1.807, 2.05) is 0 Å². The van der Waals surface area contributed by atoms with Gasteiger partial charge in [-0.3, -0.25) is 0 Å². The van der Waals surface area contributed by atoms with Gasteiger partial charge in [0.1, 0.15) is 0 Å². The van der Waals surface area contributed by atoms with Gasteiger partial charge >= 0.3 is 0 Å². The quantitative estimate of drug-likeness (QED) is 0.397. The van der Waals surface area contributed by atoms with Gasteiger partial charge < -0.3 is 15.5 Å². The average Bonchev–Trinajstić information content (AvgIpc) is 3.30. The van der Waals surface area contributed by atoms with Crippen molar-refractivity contribution in [3.8, 4) is 0 Å². The zero-order chi connectivity index (χ0) is 15.9. The number of halogens is 1. The molecule has 1 fully saturated rings. The number of nitrogens with one attached hydrogen (secondary N) is 2. The molecule has 0 bridgehead atoms. The number of aliphatic imine (C=N–C) groups is 1. The second-order valence-electron chi connectivity index (χ2n) is 6.37. The van der Waals surface area contributed by atoms with Crippen molar-refractivity contribution in [3.63, 3.8) is 0 Å². The molecule has 0 heterocycles. The van der Waals surface area contributed by atoms with Crippen LogP contribution in [0.2, 0.25) is 0 Å². The molecule has 1 saturated carbocycles. The van der Waals surface area contributed by atoms with Crippen molar-refractivity contribution in [1.29, 1.82) is 0 Å². The summed E-state index contributed by atoms with van der Waals surface area (Å²) >= 11 is 0. The van der Waals surface area contributed by atoms with Gasteiger partial charge in [-0.25, -0.2) is 4.99 Å². The van der Waals surface area contributed by atoms with E-state index < -0.39 is 0 Å². The standard InChI is InChI=1S/C18H30N4.HI/c1-5-19-18(20-12-16-9-7-6-8-14(16)2)21-13-17(22(3)4)15-10-11-15;/h6-9,15,17H,5,10-13H2,1-4H3,(H2,19,20,21);1H. The Morgan fingerprint density at radius 2 is 1.96 bits per heavy atom. The molecule has 2 rings (SSSR count). The second-order valence-corrected chi connectivity index (χ2v) is 6.37. The molecule has 0 aliphatic heterocycles. The highest BCUT2D eigenvalue weighted by atomic mass is 127. The van der Waals surface area contributed by atoms with Crippen LogP contribution in [0.25, 0.3) is 0 Å². The highest BCUT2D eigenvalue weighted by Crippen LogP contribution is 2.34. The fourth-order valence-corrected chi connectivity index (χ4v) is 2.75. The van der Waals surface area contributed by atoms with Crippen LogP contribution in [-0.4, -0.2) is 44.1 Å². The minimum Gasteiger partial charge on any atom is -0.357 e. The van der Waals surface area contributed by atoms with Gasteiger partial charge in [0.2, 0.25) is 0 Å². The van der Waals surface area contributed by atoms with Gasteiger partial charge in [0, 0.05) is 19.1 Å². The molecule has 0 aromatic heterocycles. The van der Waals surface area contributed by atoms with E-state index in [2.05, 4.69) is 67.7 Å². The first-order chi connectivity index (χ1) is 10.6. The molecule has 130 valence electrons. The number of rotatable bonds is 7. The van der Waals surface area contributed by atoms with Crippen LogP contribution in [0, 0.1) is 12.8 Å². The number of nitrogens with zero attached hydrogens (tertiary/aromatic N) is 2. The van der Waals surface area contributed by atoms with Gasteiger partial charge in [0.25, 0.3) is 0 Å². The molecule has 4 nitrogen and oxygen atoms in total. The molecule has 1 aliphatic rings. The van der Waals surface area contributed by atoms with Crippen molar-refractivity contribution in [2.24, 2.45) is 10.9 Å². The van der Waals surface area contributed by atoms with Crippen molar-refractivity contribution >= 4 is 29.9 Å². The molecule has 2 N–H and O–H groups in total. The number of likely N-dealkylation sites (N-methyl/N-ethyl adjacent to an activating group) is 1. The number of hydrogen-bond donors (Lipinski definition) is 2. The number of hydrogen-bond acceptors (Lipinski definition) is 2. The lowest BCUT2D eigenvalue weighted by Crippen LogP contribution is -2.46. The zero-order valence-corrected chi connectivity index (χ0v) is 17.1. The average molecular weight is 430 g/mol. The first kappa shape index (κ1) is 20.2. The first-order valence-electron chi connectivity index (χ1n) is 8.35. The van der Waals surface area contributed by atoms with Crippen LogP contribution in [0.4, 0.5) is 0 Å². The summed E-state index contributed by atoms with van der Waals surface area (Å²) in [5.74, 6) is 1.76. The molecular formula is C18H31IN4. The molecule has 0 spiro atoms. The fraction of sp³-hybridized carbons (Fsp3) is 0.611. The monoisotopic (exact) mass is 430 g/mol. The molecule has 1 aromatic rings. The maximum Gasteiger partial charge on any atom is 0.191 e. The molecule has 1 aromatic carbocycles. The third-order valence-electron chi connectivity index (χ3n) is 4.32. The number of guanidine groups is 1. The van der Waals surface area contributed by atoms with E-state index in [0.717, 1.165) is 31.5 Å². The van der Waals surface area contributed by atoms with Gasteiger partial charge in [0.05, 0.1) is 6.54 Å². The van der Waals surface area contributed by atoms with E-state index in [4.69, 9.17) is 4.99 Å². The maximum atomic E-state index is 4.73. The summed E-state index contributed by atoms with van der Waals surface area (Å²) in [6.45, 7) is 6.81. The number of benzene rings is 1. The molecule has 1 atom stereocenters. The Morgan fingerprint density at radius 1 is 1.26 bits per heavy atom. The normalized spacial score (nSPS) is 16.0. The lowest BCUT2D eigenvalue weighted by Gasteiger charge is -2.25. The van der Waals surface area contributed by atoms with Crippen molar-refractivity contribution in [2.45, 2.75) is 39.3 Å². The Bertz CT molecular complexity index is 496. The molecule has 1 aliphatic carbocycles. The van der Waals surface area contributed by atoms with Crippen LogP contribution < -0.4 is 10.6 Å². The molecule has 0 radical (unpaired) electrons. The predicted octanol–water partition coefficient (Wildman–Crippen LogP) is 3.01. The topological polar surface area (TPSA) is 39.7 Å². The van der Waals surface area contributed by atoms with E-state index in [-0.39, 0.29) is 24.0 Å². The van der Waals surface area contributed by atoms with E-state index in [9.17, 15) is 0 Å². The Balaban J connectivity index is 0.00000264. The van der Waals surface area contributed by atoms with Gasteiger partial charge in [0.15, 0.2) is 5.96 Å². The summed E-state index contributed by atoms with van der Waals surface area (Å²) in [6.07, 6.45) is 2.73. The first-order valence-corrected chi connectivity index (χ1v) is 8.35. The van der Waals surface area contributed by atoms with E-state index >= 15 is 0 Å². The summed E-state index contributed by atoms with van der Waals surface area (Å²) in [4.78, 5) is 7.06. The Morgan fingerprint density at radius 3 is 2.52 bits per heavy atom. The minimum atomic E-state index is 0. The summed E-state index contributed by atoms with van der Waals surface area (Å²) in [5, 5.41) is 6.86. The van der Waals surface area contributed by atoms with E-state index in [1.165, 1.54) is 24.0 Å². The Labute approximate surface area is 158 Å². The lowest BCUT2D eigenvalue weighted by atomic mass is 10.1. The van der Waals surface area contributed by atoms with Gasteiger partial charge in [-0.1, -0.05) is 24.3 Å². The Kier molecular flexibility index (Phi) is 8.91. The predicted molar refractivity (Wildman–Crippen MR) is 110 cm³/mol. The zero-order valence-electron chi connectivity index (χ0n) is 14.8. The third kappa shape index (κ3) is 6.67. The van der Waals surface area contributed by atoms with E-state index in [1.54, 1.807) is 0 Å². The fourth-order valence-electron chi connectivity index (χ4n) is 2.75. The van der Waals surface area contributed by atoms with Crippen LogP contribution in [0.3, 0.4) is 0 Å². The van der Waals surface area contributed by atoms with Gasteiger partial charge in [-0.15, -0.1) is 24.0 Å². The van der Waals surface area contributed by atoms with Gasteiger partial charge in [-0.05, 0) is 57.8 Å². The maximum absolute atomic E-state index is 4.73. The summed E-state index contributed by atoms with van der Waals surface area (Å²) in [6, 6.07) is 9.04. The van der Waals surface area contributed by atoms with Crippen LogP contribution >= 0.6 is 24.0 Å². The van der Waals surface area contributed by atoms with Crippen molar-refractivity contribution in [1.82, 2.24) is 15.5 Å². The number of aryl methyl sites for hydroxylation is 1. The van der Waals surface area contributed by atoms with Crippen molar-refractivity contribution in [2.75, 3.05) is 27.2 Å². The van der Waals surface area contributed by atoms with E-state index in [0.29, 0.717) is 6.04 Å². The van der Waals surface area contributed by atoms with Crippen LogP contribution in [0.5, 0.6) is 0 Å². The van der Waals surface area contributed by atoms with Crippen LogP contribution in [-0.2, 0) is 6.54 Å². The Hall–Kier alpha value is -0.820. The molecule has 23 heavy (non-hydrogen) atoms. The molecule has 5 heteroatoms. The minimum absolute atomic E-state index is 0. The molecule has 1 unspecified atom stereocenters. The molecule has 0 amide bonds. The van der Waals surface area contributed by atoms with Crippen molar-refractivity contribution < 1.29 is 0 Å². The smallest absolute Gasteiger partial charge is 0.191 e. The van der Waals surface area contributed by atoms with Crippen molar-refractivity contribution in [3.05, 3.63) is 35.4 Å². The largest absolute Gasteiger partial charge is 0.357 e. The summed E-state index contributed by atoms with van der Waals surface area (Å²) in [5.41, 5.74) is 2.58. The lowest BCUT2D eigenvalue weighted by molar-refractivity contribution is 0.264. The highest BCUT2D eigenvalue weighted by Gasteiger charge is 2.32. The summed E-state index contributed by atoms with van der Waals surface area (Å²) < 4.78 is 0. The van der Waals surface area contributed by atoms with Crippen LogP contribution in [0.15, 0.2) is 29.3 Å². The molecular weight excluding hydrogens is 399 g/mol. The van der Waals surface area contributed by atoms with Gasteiger partial charge in [-0.2, -0.15) is 0 Å². The molecule has 0 saturated heterocycles.